The van der Waals surface area contributed by atoms with Gasteiger partial charge in [-0.05, 0) is 77.5 Å². The van der Waals surface area contributed by atoms with Crippen molar-refractivity contribution in [2.45, 2.75) is 6.92 Å². The smallest absolute Gasteiger partial charge is 0.343 e. The van der Waals surface area contributed by atoms with Crippen LogP contribution in [0.4, 0.5) is 5.69 Å². The van der Waals surface area contributed by atoms with Gasteiger partial charge in [-0.2, -0.15) is 5.10 Å². The minimum Gasteiger partial charge on any atom is -0.421 e. The number of nitrogens with one attached hydrogen (secondary N) is 2. The molecule has 0 saturated carbocycles. The first-order valence-electron chi connectivity index (χ1n) is 11.4. The molecule has 2 N–H and O–H groups in total. The number of rotatable bonds is 7. The number of carbonyl (C=O) groups excluding carboxylic acids is 3. The predicted molar refractivity (Wildman–Crippen MR) is 154 cm³/mol. The average molecular weight is 635 g/mol. The maximum absolute atomic E-state index is 12.7. The van der Waals surface area contributed by atoms with E-state index >= 15 is 0 Å². The lowest BCUT2D eigenvalue weighted by Crippen LogP contribution is -2.18. The molecule has 0 spiro atoms. The van der Waals surface area contributed by atoms with Gasteiger partial charge in [-0.25, -0.2) is 10.2 Å². The number of esters is 1. The molecule has 0 radical (unpaired) electrons. The quantitative estimate of drug-likeness (QED) is 0.102. The molecule has 0 aliphatic heterocycles. The van der Waals surface area contributed by atoms with Crippen molar-refractivity contribution in [3.63, 3.8) is 0 Å². The number of anilines is 1. The molecule has 4 aromatic carbocycles. The molecule has 0 aliphatic rings. The molecule has 0 bridgehead atoms. The molecule has 0 fully saturated rings. The van der Waals surface area contributed by atoms with Crippen molar-refractivity contribution in [1.29, 1.82) is 0 Å². The van der Waals surface area contributed by atoms with E-state index in [1.54, 1.807) is 72.8 Å². The lowest BCUT2D eigenvalue weighted by atomic mass is 10.1. The Morgan fingerprint density at radius 1 is 0.789 bits per heavy atom. The van der Waals surface area contributed by atoms with Crippen LogP contribution in [0, 0.1) is 6.92 Å². The van der Waals surface area contributed by atoms with E-state index in [2.05, 4.69) is 47.7 Å². The fraction of sp³-hybridized carbons (Fsp3) is 0.0345. The largest absolute Gasteiger partial charge is 0.421 e. The van der Waals surface area contributed by atoms with E-state index in [0.29, 0.717) is 36.9 Å². The number of nitrogens with zero attached hydrogens (tertiary/aromatic N) is 1. The zero-order valence-corrected chi connectivity index (χ0v) is 23.2. The van der Waals surface area contributed by atoms with E-state index in [1.165, 1.54) is 6.21 Å². The van der Waals surface area contributed by atoms with Crippen LogP contribution < -0.4 is 15.5 Å². The summed E-state index contributed by atoms with van der Waals surface area (Å²) < 4.78 is 6.88. The molecule has 7 nitrogen and oxygen atoms in total. The summed E-state index contributed by atoms with van der Waals surface area (Å²) in [6.45, 7) is 1.93. The molecule has 0 heterocycles. The van der Waals surface area contributed by atoms with E-state index in [9.17, 15) is 14.4 Å². The third-order valence-electron chi connectivity index (χ3n) is 5.31. The maximum Gasteiger partial charge on any atom is 0.343 e. The van der Waals surface area contributed by atoms with Gasteiger partial charge in [0.2, 0.25) is 0 Å². The summed E-state index contributed by atoms with van der Waals surface area (Å²) in [6, 6.07) is 25.8. The van der Waals surface area contributed by atoms with Gasteiger partial charge in [0.1, 0.15) is 0 Å². The Morgan fingerprint density at radius 3 is 2.24 bits per heavy atom. The molecule has 0 aromatic heterocycles. The number of benzene rings is 4. The zero-order valence-electron chi connectivity index (χ0n) is 20.1. The van der Waals surface area contributed by atoms with Crippen LogP contribution in [-0.4, -0.2) is 24.0 Å². The van der Waals surface area contributed by atoms with Crippen molar-refractivity contribution in [2.24, 2.45) is 5.10 Å². The second kappa shape index (κ2) is 12.4. The number of aryl methyl sites for hydroxylation is 1. The number of hydrogen-bond donors (Lipinski definition) is 2. The highest BCUT2D eigenvalue weighted by molar-refractivity contribution is 9.11. The predicted octanol–water partition coefficient (Wildman–Crippen LogP) is 6.76. The highest BCUT2D eigenvalue weighted by Gasteiger charge is 2.16. The molecular formula is C29H21Br2N3O4. The summed E-state index contributed by atoms with van der Waals surface area (Å²) in [4.78, 5) is 37.8. The van der Waals surface area contributed by atoms with Gasteiger partial charge >= 0.3 is 5.97 Å². The number of hydrogen-bond acceptors (Lipinski definition) is 5. The van der Waals surface area contributed by atoms with Crippen LogP contribution in [0.1, 0.15) is 42.2 Å². The fourth-order valence-electron chi connectivity index (χ4n) is 3.38. The Balaban J connectivity index is 1.46. The lowest BCUT2D eigenvalue weighted by molar-refractivity contribution is 0.0732. The fourth-order valence-corrected chi connectivity index (χ4v) is 4.72. The molecule has 0 aliphatic carbocycles. The minimum atomic E-state index is -0.527. The second-order valence-electron chi connectivity index (χ2n) is 8.16. The molecule has 2 amide bonds. The third kappa shape index (κ3) is 7.02. The molecule has 0 unspecified atom stereocenters. The van der Waals surface area contributed by atoms with Crippen LogP contribution >= 0.6 is 31.9 Å². The summed E-state index contributed by atoms with van der Waals surface area (Å²) in [7, 11) is 0. The van der Waals surface area contributed by atoms with Crippen molar-refractivity contribution in [2.75, 3.05) is 5.32 Å². The number of halogens is 2. The van der Waals surface area contributed by atoms with Crippen LogP contribution in [0.5, 0.6) is 5.75 Å². The molecule has 4 rings (SSSR count). The highest BCUT2D eigenvalue weighted by atomic mass is 79.9. The first kappa shape index (κ1) is 27.0. The van der Waals surface area contributed by atoms with Gasteiger partial charge in [0.15, 0.2) is 5.75 Å². The van der Waals surface area contributed by atoms with Crippen molar-refractivity contribution in [3.05, 3.63) is 128 Å². The summed E-state index contributed by atoms with van der Waals surface area (Å²) in [5, 5.41) is 6.82. The van der Waals surface area contributed by atoms with Gasteiger partial charge in [-0.1, -0.05) is 57.9 Å². The van der Waals surface area contributed by atoms with Crippen LogP contribution in [0.3, 0.4) is 0 Å². The number of hydrazone groups is 1. The maximum atomic E-state index is 12.7. The monoisotopic (exact) mass is 633 g/mol. The van der Waals surface area contributed by atoms with Crippen LogP contribution in [0.25, 0.3) is 0 Å². The van der Waals surface area contributed by atoms with Crippen molar-refractivity contribution in [3.8, 4) is 5.75 Å². The minimum absolute atomic E-state index is 0.252. The molecule has 190 valence electrons. The van der Waals surface area contributed by atoms with Crippen LogP contribution in [0.2, 0.25) is 0 Å². The number of carbonyl (C=O) groups is 3. The molecule has 9 heteroatoms. The van der Waals surface area contributed by atoms with Crippen LogP contribution in [-0.2, 0) is 0 Å². The Hall–Kier alpha value is -4.08. The van der Waals surface area contributed by atoms with E-state index in [1.807, 2.05) is 25.1 Å². The first-order chi connectivity index (χ1) is 18.3. The number of amides is 2. The molecule has 0 saturated heterocycles. The van der Waals surface area contributed by atoms with Crippen molar-refractivity contribution in [1.82, 2.24) is 5.43 Å². The Morgan fingerprint density at radius 2 is 1.50 bits per heavy atom. The van der Waals surface area contributed by atoms with Gasteiger partial charge in [-0.3, -0.25) is 9.59 Å². The third-order valence-corrected chi connectivity index (χ3v) is 6.35. The summed E-state index contributed by atoms with van der Waals surface area (Å²) in [6.07, 6.45) is 1.38. The Labute approximate surface area is 236 Å². The van der Waals surface area contributed by atoms with E-state index in [0.717, 1.165) is 5.56 Å². The van der Waals surface area contributed by atoms with Gasteiger partial charge in [0.05, 0.1) is 16.3 Å². The first-order valence-corrected chi connectivity index (χ1v) is 13.0. The van der Waals surface area contributed by atoms with Crippen molar-refractivity contribution < 1.29 is 19.1 Å². The lowest BCUT2D eigenvalue weighted by Gasteiger charge is -2.11. The summed E-state index contributed by atoms with van der Waals surface area (Å²) in [5.41, 5.74) is 5.62. The summed E-state index contributed by atoms with van der Waals surface area (Å²) in [5.74, 6) is -1.04. The molecule has 4 aromatic rings. The van der Waals surface area contributed by atoms with Crippen LogP contribution in [0.15, 0.2) is 105 Å². The molecule has 38 heavy (non-hydrogen) atoms. The Kier molecular flexibility index (Phi) is 8.83. The highest BCUT2D eigenvalue weighted by Crippen LogP contribution is 2.32. The second-order valence-corrected chi connectivity index (χ2v) is 9.93. The average Bonchev–Trinajstić information content (AvgIpc) is 2.91. The van der Waals surface area contributed by atoms with Gasteiger partial charge in [0, 0.05) is 26.9 Å². The zero-order chi connectivity index (χ0) is 27.1. The molecular weight excluding hydrogens is 614 g/mol. The van der Waals surface area contributed by atoms with E-state index in [-0.39, 0.29) is 11.7 Å². The van der Waals surface area contributed by atoms with Gasteiger partial charge in [0.25, 0.3) is 11.8 Å². The number of ether oxygens (including phenoxy) is 1. The van der Waals surface area contributed by atoms with Crippen molar-refractivity contribution >= 4 is 61.5 Å². The van der Waals surface area contributed by atoms with E-state index in [4.69, 9.17) is 4.74 Å². The van der Waals surface area contributed by atoms with Gasteiger partial charge in [-0.15, -0.1) is 0 Å². The van der Waals surface area contributed by atoms with Gasteiger partial charge < -0.3 is 10.1 Å². The SMILES string of the molecule is Cc1ccc(C(=O)Oc2c(Br)cc(Br)cc2C=NNC(=O)c2cccc(NC(=O)c3ccccc3)c2)cc1. The Bertz CT molecular complexity index is 1520. The standard InChI is InChI=1S/C29H21Br2N3O4/c1-18-10-12-20(13-11-18)29(37)38-26-22(14-23(30)16-25(26)31)17-32-34-28(36)21-8-5-9-24(15-21)33-27(35)19-6-3-2-4-7-19/h2-17H,1H3,(H,33,35)(H,34,36). The molecule has 0 atom stereocenters. The normalized spacial score (nSPS) is 10.7. The van der Waals surface area contributed by atoms with E-state index < -0.39 is 11.9 Å². The topological polar surface area (TPSA) is 96.9 Å². The summed E-state index contributed by atoms with van der Waals surface area (Å²) >= 11 is 6.84.